The molecule has 1 aromatic rings. The van der Waals surface area contributed by atoms with E-state index in [0.29, 0.717) is 18.8 Å². The summed E-state index contributed by atoms with van der Waals surface area (Å²) in [7, 11) is 1.55. The van der Waals surface area contributed by atoms with Gasteiger partial charge in [0.05, 0.1) is 12.7 Å². The first kappa shape index (κ1) is 11.9. The first-order valence-corrected chi connectivity index (χ1v) is 4.74. The molecule has 0 saturated heterocycles. The molecule has 0 aliphatic heterocycles. The van der Waals surface area contributed by atoms with Gasteiger partial charge in [-0.15, -0.1) is 0 Å². The molecule has 0 spiro atoms. The lowest BCUT2D eigenvalue weighted by Crippen LogP contribution is -2.05. The quantitative estimate of drug-likeness (QED) is 0.761. The van der Waals surface area contributed by atoms with E-state index < -0.39 is 11.9 Å². The fraction of sp³-hybridized carbons (Fsp3) is 0.455. The van der Waals surface area contributed by atoms with Crippen LogP contribution in [0.15, 0.2) is 18.2 Å². The van der Waals surface area contributed by atoms with E-state index in [-0.39, 0.29) is 5.75 Å². The molecule has 1 rings (SSSR count). The van der Waals surface area contributed by atoms with Crippen LogP contribution in [0.25, 0.3) is 0 Å². The lowest BCUT2D eigenvalue weighted by atomic mass is 10.1. The van der Waals surface area contributed by atoms with Gasteiger partial charge in [-0.1, -0.05) is 6.07 Å². The van der Waals surface area contributed by atoms with Crippen molar-refractivity contribution >= 4 is 0 Å². The number of aliphatic hydroxyl groups is 1. The number of benzene rings is 1. The van der Waals surface area contributed by atoms with Crippen LogP contribution in [0.3, 0.4) is 0 Å². The molecule has 0 aromatic heterocycles. The van der Waals surface area contributed by atoms with Gasteiger partial charge < -0.3 is 14.6 Å². The molecule has 0 radical (unpaired) electrons. The Morgan fingerprint density at radius 3 is 2.67 bits per heavy atom. The van der Waals surface area contributed by atoms with Crippen LogP contribution < -0.4 is 4.74 Å². The van der Waals surface area contributed by atoms with Gasteiger partial charge in [0.15, 0.2) is 11.6 Å². The standard InChI is InChI=1S/C11H15FO3/c1-8(13)9-3-4-11(10(12)7-9)15-6-5-14-2/h3-4,7-8,13H,5-6H2,1-2H3. The molecule has 4 heteroatoms. The average molecular weight is 214 g/mol. The van der Waals surface area contributed by atoms with E-state index in [1.54, 1.807) is 20.1 Å². The summed E-state index contributed by atoms with van der Waals surface area (Å²) in [6, 6.07) is 4.41. The summed E-state index contributed by atoms with van der Waals surface area (Å²) in [4.78, 5) is 0. The van der Waals surface area contributed by atoms with Crippen molar-refractivity contribution in [2.75, 3.05) is 20.3 Å². The molecule has 0 saturated carbocycles. The zero-order valence-corrected chi connectivity index (χ0v) is 8.87. The van der Waals surface area contributed by atoms with Gasteiger partial charge in [0, 0.05) is 7.11 Å². The molecular formula is C11H15FO3. The average Bonchev–Trinajstić information content (AvgIpc) is 2.20. The van der Waals surface area contributed by atoms with Crippen LogP contribution in [0.2, 0.25) is 0 Å². The van der Waals surface area contributed by atoms with Crippen molar-refractivity contribution in [1.29, 1.82) is 0 Å². The first-order valence-electron chi connectivity index (χ1n) is 4.74. The summed E-state index contributed by atoms with van der Waals surface area (Å²) in [6.45, 7) is 2.30. The van der Waals surface area contributed by atoms with Crippen molar-refractivity contribution in [2.45, 2.75) is 13.0 Å². The Kier molecular flexibility index (Phi) is 4.52. The van der Waals surface area contributed by atoms with Crippen molar-refractivity contribution < 1.29 is 19.0 Å². The third-order valence-electron chi connectivity index (χ3n) is 1.98. The van der Waals surface area contributed by atoms with Gasteiger partial charge in [0.2, 0.25) is 0 Å². The monoisotopic (exact) mass is 214 g/mol. The zero-order chi connectivity index (χ0) is 11.3. The maximum Gasteiger partial charge on any atom is 0.165 e. The van der Waals surface area contributed by atoms with E-state index >= 15 is 0 Å². The Morgan fingerprint density at radius 2 is 2.13 bits per heavy atom. The number of hydrogen-bond donors (Lipinski definition) is 1. The van der Waals surface area contributed by atoms with Crippen molar-refractivity contribution in [3.63, 3.8) is 0 Å². The van der Waals surface area contributed by atoms with Gasteiger partial charge in [0.25, 0.3) is 0 Å². The molecule has 1 aromatic carbocycles. The van der Waals surface area contributed by atoms with Crippen molar-refractivity contribution in [2.24, 2.45) is 0 Å². The first-order chi connectivity index (χ1) is 7.15. The second-order valence-corrected chi connectivity index (χ2v) is 3.21. The highest BCUT2D eigenvalue weighted by Gasteiger charge is 2.07. The second kappa shape index (κ2) is 5.68. The second-order valence-electron chi connectivity index (χ2n) is 3.21. The minimum atomic E-state index is -0.674. The molecule has 0 aliphatic carbocycles. The van der Waals surface area contributed by atoms with E-state index in [9.17, 15) is 9.50 Å². The van der Waals surface area contributed by atoms with E-state index in [1.807, 2.05) is 0 Å². The van der Waals surface area contributed by atoms with Crippen LogP contribution in [0.4, 0.5) is 4.39 Å². The molecule has 1 N–H and O–H groups in total. The fourth-order valence-corrected chi connectivity index (χ4v) is 1.13. The molecule has 0 fully saturated rings. The molecule has 3 nitrogen and oxygen atoms in total. The fourth-order valence-electron chi connectivity index (χ4n) is 1.13. The Labute approximate surface area is 88.4 Å². The minimum Gasteiger partial charge on any atom is -0.488 e. The van der Waals surface area contributed by atoms with Crippen molar-refractivity contribution in [3.05, 3.63) is 29.6 Å². The SMILES string of the molecule is COCCOc1ccc(C(C)O)cc1F. The third-order valence-corrected chi connectivity index (χ3v) is 1.98. The van der Waals surface area contributed by atoms with Crippen LogP contribution in [0.1, 0.15) is 18.6 Å². The summed E-state index contributed by atoms with van der Waals surface area (Å²) in [5, 5.41) is 9.23. The highest BCUT2D eigenvalue weighted by Crippen LogP contribution is 2.21. The van der Waals surface area contributed by atoms with Gasteiger partial charge in [-0.05, 0) is 24.6 Å². The van der Waals surface area contributed by atoms with Crippen molar-refractivity contribution in [1.82, 2.24) is 0 Å². The lowest BCUT2D eigenvalue weighted by molar-refractivity contribution is 0.143. The molecule has 0 heterocycles. The maximum atomic E-state index is 13.4. The zero-order valence-electron chi connectivity index (χ0n) is 8.87. The number of aliphatic hydroxyl groups excluding tert-OH is 1. The number of methoxy groups -OCH3 is 1. The van der Waals surface area contributed by atoms with Gasteiger partial charge in [-0.3, -0.25) is 0 Å². The smallest absolute Gasteiger partial charge is 0.165 e. The van der Waals surface area contributed by atoms with Crippen molar-refractivity contribution in [3.8, 4) is 5.75 Å². The van der Waals surface area contributed by atoms with Crippen LogP contribution in [-0.4, -0.2) is 25.4 Å². The lowest BCUT2D eigenvalue weighted by Gasteiger charge is -2.09. The molecule has 84 valence electrons. The summed E-state index contributed by atoms with van der Waals surface area (Å²) in [6.07, 6.45) is -0.674. The minimum absolute atomic E-state index is 0.177. The summed E-state index contributed by atoms with van der Waals surface area (Å²) < 4.78 is 23.3. The largest absolute Gasteiger partial charge is 0.488 e. The van der Waals surface area contributed by atoms with E-state index in [2.05, 4.69) is 0 Å². The Morgan fingerprint density at radius 1 is 1.40 bits per heavy atom. The van der Waals surface area contributed by atoms with Gasteiger partial charge in [-0.2, -0.15) is 0 Å². The van der Waals surface area contributed by atoms with Crippen LogP contribution >= 0.6 is 0 Å². The number of rotatable bonds is 5. The molecule has 0 amide bonds. The van der Waals surface area contributed by atoms with E-state index in [1.165, 1.54) is 12.1 Å². The maximum absolute atomic E-state index is 13.4. The molecule has 15 heavy (non-hydrogen) atoms. The highest BCUT2D eigenvalue weighted by atomic mass is 19.1. The molecule has 0 bridgehead atoms. The topological polar surface area (TPSA) is 38.7 Å². The van der Waals surface area contributed by atoms with Gasteiger partial charge in [-0.25, -0.2) is 4.39 Å². The summed E-state index contributed by atoms with van der Waals surface area (Å²) >= 11 is 0. The third kappa shape index (κ3) is 3.49. The number of hydrogen-bond acceptors (Lipinski definition) is 3. The molecular weight excluding hydrogens is 199 g/mol. The molecule has 1 unspecified atom stereocenters. The summed E-state index contributed by atoms with van der Waals surface area (Å²) in [5.74, 6) is -0.291. The number of ether oxygens (including phenoxy) is 2. The Bertz CT molecular complexity index is 313. The molecule has 1 atom stereocenters. The van der Waals surface area contributed by atoms with E-state index in [0.717, 1.165) is 0 Å². The van der Waals surface area contributed by atoms with E-state index in [4.69, 9.17) is 9.47 Å². The summed E-state index contributed by atoms with van der Waals surface area (Å²) in [5.41, 5.74) is 0.534. The predicted octanol–water partition coefficient (Wildman–Crippen LogP) is 1.90. The van der Waals surface area contributed by atoms with Gasteiger partial charge >= 0.3 is 0 Å². The Hall–Kier alpha value is -1.13. The number of halogens is 1. The molecule has 0 aliphatic rings. The van der Waals surface area contributed by atoms with Crippen LogP contribution in [0.5, 0.6) is 5.75 Å². The predicted molar refractivity (Wildman–Crippen MR) is 54.4 cm³/mol. The van der Waals surface area contributed by atoms with Crippen LogP contribution in [-0.2, 0) is 4.74 Å². The van der Waals surface area contributed by atoms with Crippen LogP contribution in [0, 0.1) is 5.82 Å². The highest BCUT2D eigenvalue weighted by molar-refractivity contribution is 5.30. The van der Waals surface area contributed by atoms with Gasteiger partial charge in [0.1, 0.15) is 6.61 Å². The Balaban J connectivity index is 2.66. The normalized spacial score (nSPS) is 12.5.